The number of hydrogen-bond acceptors (Lipinski definition) is 5. The monoisotopic (exact) mass is 352 g/mol. The first kappa shape index (κ1) is 17.3. The average molecular weight is 353 g/mol. The van der Waals surface area contributed by atoms with Crippen molar-refractivity contribution in [2.24, 2.45) is 0 Å². The van der Waals surface area contributed by atoms with Gasteiger partial charge in [-0.2, -0.15) is 0 Å². The Labute approximate surface area is 134 Å². The van der Waals surface area contributed by atoms with Gasteiger partial charge in [0.1, 0.15) is 10.9 Å². The van der Waals surface area contributed by atoms with E-state index in [2.05, 4.69) is 0 Å². The molecule has 0 bridgehead atoms. The van der Waals surface area contributed by atoms with E-state index in [4.69, 9.17) is 15.4 Å². The molecule has 2 fully saturated rings. The molecule has 2 aliphatic heterocycles. The maximum absolute atomic E-state index is 12.0. The van der Waals surface area contributed by atoms with Crippen LogP contribution in [-0.2, 0) is 18.6 Å². The summed E-state index contributed by atoms with van der Waals surface area (Å²) < 4.78 is 28.0. The van der Waals surface area contributed by atoms with Crippen LogP contribution in [0.15, 0.2) is 0 Å². The Morgan fingerprint density at radius 1 is 1.32 bits per heavy atom. The number of carbonyl (C=O) groups is 2. The lowest BCUT2D eigenvalue weighted by Gasteiger charge is -2.26. The van der Waals surface area contributed by atoms with E-state index in [1.807, 2.05) is 0 Å². The van der Waals surface area contributed by atoms with Crippen LogP contribution in [0.1, 0.15) is 33.6 Å². The molecule has 0 aliphatic carbocycles. The van der Waals surface area contributed by atoms with Crippen LogP contribution in [0.25, 0.3) is 0 Å². The van der Waals surface area contributed by atoms with Gasteiger partial charge in [-0.1, -0.05) is 0 Å². The van der Waals surface area contributed by atoms with Gasteiger partial charge < -0.3 is 14.5 Å². The summed E-state index contributed by atoms with van der Waals surface area (Å²) in [5.74, 6) is -0.231. The molecule has 2 rings (SSSR count). The molecule has 2 atom stereocenters. The zero-order valence-corrected chi connectivity index (χ0v) is 14.5. The van der Waals surface area contributed by atoms with Gasteiger partial charge in [0.05, 0.1) is 6.04 Å². The molecular weight excluding hydrogens is 332 g/mol. The summed E-state index contributed by atoms with van der Waals surface area (Å²) in [6, 6.07) is -0.177. The molecule has 9 heteroatoms. The first-order chi connectivity index (χ1) is 9.97. The molecule has 0 aromatic heterocycles. The number of ether oxygens (including phenoxy) is 1. The Bertz CT molecular complexity index is 571. The van der Waals surface area contributed by atoms with Gasteiger partial charge >= 0.3 is 6.09 Å². The molecule has 0 saturated carbocycles. The van der Waals surface area contributed by atoms with E-state index in [9.17, 15) is 18.0 Å². The Morgan fingerprint density at radius 3 is 2.45 bits per heavy atom. The third-order valence-corrected chi connectivity index (χ3v) is 5.64. The van der Waals surface area contributed by atoms with Crippen LogP contribution >= 0.6 is 10.7 Å². The molecule has 0 aromatic carbocycles. The van der Waals surface area contributed by atoms with Gasteiger partial charge in [0, 0.05) is 36.7 Å². The van der Waals surface area contributed by atoms with Crippen LogP contribution < -0.4 is 0 Å². The van der Waals surface area contributed by atoms with Crippen LogP contribution in [-0.4, -0.2) is 66.7 Å². The van der Waals surface area contributed by atoms with E-state index in [0.29, 0.717) is 19.5 Å². The molecule has 2 unspecified atom stereocenters. The lowest BCUT2D eigenvalue weighted by atomic mass is 10.2. The van der Waals surface area contributed by atoms with Crippen LogP contribution in [0.3, 0.4) is 0 Å². The molecular formula is C13H21ClN2O5S. The van der Waals surface area contributed by atoms with Crippen molar-refractivity contribution in [3.8, 4) is 0 Å². The predicted octanol–water partition coefficient (Wildman–Crippen LogP) is 1.17. The molecule has 0 N–H and O–H groups in total. The van der Waals surface area contributed by atoms with E-state index in [-0.39, 0.29) is 24.9 Å². The summed E-state index contributed by atoms with van der Waals surface area (Å²) in [7, 11) is 1.59. The van der Waals surface area contributed by atoms with Crippen molar-refractivity contribution in [1.82, 2.24) is 9.80 Å². The fourth-order valence-electron chi connectivity index (χ4n) is 2.73. The van der Waals surface area contributed by atoms with Crippen molar-refractivity contribution in [2.75, 3.05) is 19.6 Å². The first-order valence-electron chi connectivity index (χ1n) is 7.18. The van der Waals surface area contributed by atoms with Gasteiger partial charge in [-0.05, 0) is 27.2 Å². The molecule has 0 aromatic rings. The van der Waals surface area contributed by atoms with Crippen molar-refractivity contribution in [2.45, 2.75) is 50.5 Å². The highest BCUT2D eigenvalue weighted by Crippen LogP contribution is 2.27. The SMILES string of the molecule is CC(C)(C)OC(=O)N1CCC(N2CC(S(=O)(=O)Cl)CC2=O)C1. The molecule has 0 radical (unpaired) electrons. The number of halogens is 1. The summed E-state index contributed by atoms with van der Waals surface area (Å²) in [6.45, 7) is 6.31. The smallest absolute Gasteiger partial charge is 0.410 e. The van der Waals surface area contributed by atoms with Gasteiger partial charge in [0.15, 0.2) is 0 Å². The maximum atomic E-state index is 12.0. The Hall–Kier alpha value is -1.02. The second kappa shape index (κ2) is 5.88. The summed E-state index contributed by atoms with van der Waals surface area (Å²) in [5.41, 5.74) is -0.573. The first-order valence-corrected chi connectivity index (χ1v) is 9.55. The van der Waals surface area contributed by atoms with E-state index >= 15 is 0 Å². The number of likely N-dealkylation sites (tertiary alicyclic amines) is 2. The lowest BCUT2D eigenvalue weighted by Crippen LogP contribution is -2.41. The van der Waals surface area contributed by atoms with Crippen molar-refractivity contribution >= 4 is 31.7 Å². The van der Waals surface area contributed by atoms with Crippen molar-refractivity contribution < 1.29 is 22.7 Å². The lowest BCUT2D eigenvalue weighted by molar-refractivity contribution is -0.129. The fourth-order valence-corrected chi connectivity index (χ4v) is 3.77. The largest absolute Gasteiger partial charge is 0.444 e. The Morgan fingerprint density at radius 2 is 1.95 bits per heavy atom. The normalized spacial score (nSPS) is 26.6. The summed E-state index contributed by atoms with van der Waals surface area (Å²) >= 11 is 0. The Kier molecular flexibility index (Phi) is 4.64. The van der Waals surface area contributed by atoms with Crippen molar-refractivity contribution in [3.05, 3.63) is 0 Å². The minimum Gasteiger partial charge on any atom is -0.444 e. The van der Waals surface area contributed by atoms with Crippen molar-refractivity contribution in [3.63, 3.8) is 0 Å². The summed E-state index contributed by atoms with van der Waals surface area (Å²) in [4.78, 5) is 27.1. The molecule has 2 amide bonds. The quantitative estimate of drug-likeness (QED) is 0.696. The van der Waals surface area contributed by atoms with E-state index < -0.39 is 26.0 Å². The van der Waals surface area contributed by atoms with Crippen molar-refractivity contribution in [1.29, 1.82) is 0 Å². The highest BCUT2D eigenvalue weighted by molar-refractivity contribution is 8.14. The molecule has 126 valence electrons. The second-order valence-electron chi connectivity index (χ2n) is 6.72. The van der Waals surface area contributed by atoms with Crippen LogP contribution in [0.4, 0.5) is 4.79 Å². The minimum absolute atomic E-state index is 0.0885. The van der Waals surface area contributed by atoms with E-state index in [0.717, 1.165) is 0 Å². The second-order valence-corrected chi connectivity index (χ2v) is 9.62. The average Bonchev–Trinajstić information content (AvgIpc) is 2.91. The predicted molar refractivity (Wildman–Crippen MR) is 81.1 cm³/mol. The molecule has 2 heterocycles. The zero-order chi connectivity index (χ0) is 16.7. The van der Waals surface area contributed by atoms with Gasteiger partial charge in [-0.25, -0.2) is 13.2 Å². The maximum Gasteiger partial charge on any atom is 0.410 e. The third kappa shape index (κ3) is 4.04. The highest BCUT2D eigenvalue weighted by Gasteiger charge is 2.43. The van der Waals surface area contributed by atoms with E-state index in [1.165, 1.54) is 4.90 Å². The molecule has 7 nitrogen and oxygen atoms in total. The zero-order valence-electron chi connectivity index (χ0n) is 12.9. The highest BCUT2D eigenvalue weighted by atomic mass is 35.7. The molecule has 0 spiro atoms. The van der Waals surface area contributed by atoms with Crippen LogP contribution in [0.5, 0.6) is 0 Å². The number of amides is 2. The molecule has 2 saturated heterocycles. The summed E-state index contributed by atoms with van der Waals surface area (Å²) in [5, 5.41) is -0.864. The van der Waals surface area contributed by atoms with E-state index in [1.54, 1.807) is 25.7 Å². The van der Waals surface area contributed by atoms with Gasteiger partial charge in [-0.3, -0.25) is 4.79 Å². The number of rotatable bonds is 2. The van der Waals surface area contributed by atoms with Gasteiger partial charge in [-0.15, -0.1) is 0 Å². The standard InChI is InChI=1S/C13H21ClN2O5S/c1-13(2,3)21-12(18)15-5-4-9(7-15)16-8-10(6-11(16)17)22(14,19)20/h9-10H,4-8H2,1-3H3. The fraction of sp³-hybridized carbons (Fsp3) is 0.846. The summed E-state index contributed by atoms with van der Waals surface area (Å²) in [6.07, 6.45) is 0.109. The number of carbonyl (C=O) groups excluding carboxylic acids is 2. The minimum atomic E-state index is -3.75. The number of nitrogens with zero attached hydrogens (tertiary/aromatic N) is 2. The Balaban J connectivity index is 1.96. The number of hydrogen-bond donors (Lipinski definition) is 0. The van der Waals surface area contributed by atoms with Gasteiger partial charge in [0.2, 0.25) is 15.0 Å². The van der Waals surface area contributed by atoms with Crippen LogP contribution in [0, 0.1) is 0 Å². The topological polar surface area (TPSA) is 84.0 Å². The van der Waals surface area contributed by atoms with Crippen LogP contribution in [0.2, 0.25) is 0 Å². The van der Waals surface area contributed by atoms with Gasteiger partial charge in [0.25, 0.3) is 0 Å². The molecule has 2 aliphatic rings. The molecule has 22 heavy (non-hydrogen) atoms. The third-order valence-electron chi connectivity index (χ3n) is 3.78.